The minimum atomic E-state index is -5.25. The van der Waals surface area contributed by atoms with Crippen LogP contribution in [0.5, 0.6) is 11.5 Å². The van der Waals surface area contributed by atoms with Gasteiger partial charge in [0.05, 0.1) is 0 Å². The predicted octanol–water partition coefficient (Wildman–Crippen LogP) is 6.91. The number of rotatable bonds is 9. The van der Waals surface area contributed by atoms with Crippen LogP contribution in [0.2, 0.25) is 0 Å². The molecule has 0 heterocycles. The van der Waals surface area contributed by atoms with E-state index in [4.69, 9.17) is 15.3 Å². The number of carboxylic acids is 4. The molecule has 0 aliphatic heterocycles. The van der Waals surface area contributed by atoms with Crippen molar-refractivity contribution in [3.63, 3.8) is 0 Å². The first-order valence-electron chi connectivity index (χ1n) is 12.6. The summed E-state index contributed by atoms with van der Waals surface area (Å²) >= 11 is 0. The van der Waals surface area contributed by atoms with E-state index in [2.05, 4.69) is 9.47 Å². The quantitative estimate of drug-likeness (QED) is 0.102. The van der Waals surface area contributed by atoms with E-state index in [1.54, 1.807) is 0 Å². The Morgan fingerprint density at radius 3 is 1.38 bits per heavy atom. The smallest absolute Gasteiger partial charge is 0.339 e. The first-order valence-corrected chi connectivity index (χ1v) is 12.6. The Labute approximate surface area is 273 Å². The molecular formula is C28H6F14O10. The minimum absolute atomic E-state index is 0.888. The van der Waals surface area contributed by atoms with Gasteiger partial charge in [0.2, 0.25) is 40.7 Å². The van der Waals surface area contributed by atoms with Gasteiger partial charge in [-0.25, -0.2) is 67.5 Å². The SMILES string of the molecule is O=C(O)c1c(F)c(F)c(OC2=C(F)C(F)C(Oc3c(F)c(F)c(C(=O)O)c(C(=O)O)c3F)(c3cc(F)c(F)c(F)c3F)C(F)=C2F)c(F)c1C(=O)O. The van der Waals surface area contributed by atoms with E-state index < -0.39 is 162 Å². The molecule has 0 fully saturated rings. The summed E-state index contributed by atoms with van der Waals surface area (Å²) < 4.78 is 218. The highest BCUT2D eigenvalue weighted by Crippen LogP contribution is 2.53. The molecule has 0 amide bonds. The van der Waals surface area contributed by atoms with Gasteiger partial charge < -0.3 is 29.9 Å². The van der Waals surface area contributed by atoms with E-state index in [0.717, 1.165) is 0 Å². The van der Waals surface area contributed by atoms with Crippen molar-refractivity contribution >= 4 is 23.9 Å². The maximum Gasteiger partial charge on any atom is 0.339 e. The van der Waals surface area contributed by atoms with Crippen LogP contribution in [0, 0.1) is 58.2 Å². The van der Waals surface area contributed by atoms with Crippen LogP contribution < -0.4 is 9.47 Å². The van der Waals surface area contributed by atoms with Crippen molar-refractivity contribution in [3.8, 4) is 11.5 Å². The van der Waals surface area contributed by atoms with Crippen LogP contribution >= 0.6 is 0 Å². The number of aromatic carboxylic acids is 4. The molecule has 2 atom stereocenters. The summed E-state index contributed by atoms with van der Waals surface area (Å²) in [5.41, 5.74) is -17.4. The number of ether oxygens (including phenoxy) is 2. The molecule has 3 aromatic rings. The van der Waals surface area contributed by atoms with Crippen LogP contribution in [0.1, 0.15) is 47.0 Å². The number of hydrogen-bond acceptors (Lipinski definition) is 6. The fraction of sp³-hybridized carbons (Fsp3) is 0.0714. The van der Waals surface area contributed by atoms with Gasteiger partial charge in [0.15, 0.2) is 63.9 Å². The number of alkyl halides is 1. The summed E-state index contributed by atoms with van der Waals surface area (Å²) in [5, 5.41) is 36.3. The fourth-order valence-corrected chi connectivity index (χ4v) is 4.64. The van der Waals surface area contributed by atoms with Crippen LogP contribution in [-0.2, 0) is 5.60 Å². The second kappa shape index (κ2) is 13.1. The molecule has 0 saturated carbocycles. The summed E-state index contributed by atoms with van der Waals surface area (Å²) in [6, 6.07) is -0.888. The molecule has 2 unspecified atom stereocenters. The van der Waals surface area contributed by atoms with Gasteiger partial charge in [-0.1, -0.05) is 0 Å². The highest BCUT2D eigenvalue weighted by Gasteiger charge is 2.60. The number of carbonyl (C=O) groups is 4. The Hall–Kier alpha value is -6.36. The number of halogens is 14. The average molecular weight is 768 g/mol. The van der Waals surface area contributed by atoms with Crippen molar-refractivity contribution in [1.82, 2.24) is 0 Å². The highest BCUT2D eigenvalue weighted by atomic mass is 19.2. The van der Waals surface area contributed by atoms with Crippen molar-refractivity contribution in [2.24, 2.45) is 0 Å². The zero-order valence-corrected chi connectivity index (χ0v) is 23.7. The molecule has 24 heteroatoms. The van der Waals surface area contributed by atoms with Crippen molar-refractivity contribution < 1.29 is 111 Å². The largest absolute Gasteiger partial charge is 0.478 e. The summed E-state index contributed by atoms with van der Waals surface area (Å²) in [4.78, 5) is 45.4. The van der Waals surface area contributed by atoms with Gasteiger partial charge in [0.25, 0.3) is 0 Å². The van der Waals surface area contributed by atoms with Crippen molar-refractivity contribution in [2.45, 2.75) is 11.8 Å². The third kappa shape index (κ3) is 5.45. The van der Waals surface area contributed by atoms with Crippen molar-refractivity contribution in [1.29, 1.82) is 0 Å². The molecule has 276 valence electrons. The van der Waals surface area contributed by atoms with Gasteiger partial charge in [-0.3, -0.25) is 0 Å². The Morgan fingerprint density at radius 1 is 0.538 bits per heavy atom. The van der Waals surface area contributed by atoms with Crippen LogP contribution in [0.15, 0.2) is 29.3 Å². The molecule has 4 rings (SSSR count). The Balaban J connectivity index is 2.13. The van der Waals surface area contributed by atoms with Gasteiger partial charge in [0, 0.05) is 5.56 Å². The minimum Gasteiger partial charge on any atom is -0.478 e. The maximum atomic E-state index is 16.1. The van der Waals surface area contributed by atoms with Crippen LogP contribution in [0.3, 0.4) is 0 Å². The first-order chi connectivity index (χ1) is 24.0. The second-order valence-electron chi connectivity index (χ2n) is 9.72. The van der Waals surface area contributed by atoms with Gasteiger partial charge in [-0.2, -0.15) is 13.2 Å². The topological polar surface area (TPSA) is 168 Å². The molecule has 52 heavy (non-hydrogen) atoms. The van der Waals surface area contributed by atoms with Crippen molar-refractivity contribution in [2.75, 3.05) is 0 Å². The zero-order chi connectivity index (χ0) is 39.6. The summed E-state index contributed by atoms with van der Waals surface area (Å²) in [6.45, 7) is 0. The Morgan fingerprint density at radius 2 is 0.942 bits per heavy atom. The van der Waals surface area contributed by atoms with Gasteiger partial charge in [-0.05, 0) is 6.07 Å². The van der Waals surface area contributed by atoms with E-state index in [1.165, 1.54) is 0 Å². The predicted molar refractivity (Wildman–Crippen MR) is 132 cm³/mol. The lowest BCUT2D eigenvalue weighted by molar-refractivity contribution is -0.0156. The molecular weight excluding hydrogens is 762 g/mol. The van der Waals surface area contributed by atoms with E-state index in [1.807, 2.05) is 0 Å². The summed E-state index contributed by atoms with van der Waals surface area (Å²) in [7, 11) is 0. The van der Waals surface area contributed by atoms with Crippen molar-refractivity contribution in [3.05, 3.63) is 115 Å². The Bertz CT molecular complexity index is 2240. The lowest BCUT2D eigenvalue weighted by atomic mass is 9.82. The molecule has 3 aromatic carbocycles. The first kappa shape index (κ1) is 38.4. The molecule has 0 bridgehead atoms. The standard InChI is InChI=1S/C28H6F14O10/c29-3-1-2(8(30)14(36)9(3)31)28(52-21-13(35)7(27(49)50)5(25(45)46)11(33)16(21)38)22(41)17(39)20(18(40)23(28)42)51-19-12(34)6(26(47)48)4(24(43)44)10(32)15(19)37/h1,22H,(H,43,44)(H,45,46)(H,47,48)(H,49,50). The van der Waals surface area contributed by atoms with Gasteiger partial charge in [0.1, 0.15) is 22.3 Å². The summed E-state index contributed by atoms with van der Waals surface area (Å²) in [6.07, 6.45) is -4.75. The fourth-order valence-electron chi connectivity index (χ4n) is 4.64. The van der Waals surface area contributed by atoms with Crippen LogP contribution in [0.4, 0.5) is 61.5 Å². The molecule has 4 N–H and O–H groups in total. The average Bonchev–Trinajstić information content (AvgIpc) is 3.06. The molecule has 1 aliphatic rings. The molecule has 0 aromatic heterocycles. The van der Waals surface area contributed by atoms with E-state index in [0.29, 0.717) is 0 Å². The number of benzene rings is 3. The maximum absolute atomic E-state index is 16.1. The number of allylic oxidation sites excluding steroid dienone is 1. The third-order valence-corrected chi connectivity index (χ3v) is 6.90. The summed E-state index contributed by atoms with van der Waals surface area (Å²) in [5.74, 6) is -59.4. The molecule has 0 saturated heterocycles. The monoisotopic (exact) mass is 768 g/mol. The van der Waals surface area contributed by atoms with Crippen LogP contribution in [0.25, 0.3) is 0 Å². The van der Waals surface area contributed by atoms with E-state index >= 15 is 30.7 Å². The van der Waals surface area contributed by atoms with Crippen LogP contribution in [-0.4, -0.2) is 50.5 Å². The lowest BCUT2D eigenvalue weighted by Gasteiger charge is -2.38. The Kier molecular flexibility index (Phi) is 9.66. The highest BCUT2D eigenvalue weighted by molar-refractivity contribution is 6.03. The lowest BCUT2D eigenvalue weighted by Crippen LogP contribution is -2.48. The molecule has 0 spiro atoms. The molecule has 1 aliphatic carbocycles. The van der Waals surface area contributed by atoms with Gasteiger partial charge >= 0.3 is 23.9 Å². The molecule has 10 nitrogen and oxygen atoms in total. The second-order valence-corrected chi connectivity index (χ2v) is 9.72. The van der Waals surface area contributed by atoms with E-state index in [9.17, 15) is 55.0 Å². The zero-order valence-electron chi connectivity index (χ0n) is 23.7. The third-order valence-electron chi connectivity index (χ3n) is 6.90. The number of carboxylic acid groups (broad SMARTS) is 4. The van der Waals surface area contributed by atoms with Gasteiger partial charge in [-0.15, -0.1) is 0 Å². The molecule has 0 radical (unpaired) electrons. The normalized spacial score (nSPS) is 17.4. The number of hydrogen-bond donors (Lipinski definition) is 4. The van der Waals surface area contributed by atoms with E-state index in [-0.39, 0.29) is 0 Å².